The number of benzene rings is 3. The molecular formula is C70H90F3N21O3. The van der Waals surface area contributed by atoms with Gasteiger partial charge in [-0.05, 0) is 149 Å². The predicted octanol–water partition coefficient (Wildman–Crippen LogP) is 7.11. The lowest BCUT2D eigenvalue weighted by atomic mass is 9.91. The van der Waals surface area contributed by atoms with E-state index >= 15 is 13.2 Å². The van der Waals surface area contributed by atoms with Gasteiger partial charge >= 0.3 is 6.18 Å². The number of likely N-dealkylation sites (N-methyl/N-ethyl adjacent to an activating group) is 2. The molecule has 3 amide bonds. The standard InChI is InChI=1S/C70H90F3N21O3/c1-45-9-15-55(16-10-45)91-41-53-39-90(82-66(62(53)80-91)88-29-21-49(22-30-88)14-20-59(95)74-27-35-84(5)6)44-86-42-54(43-86)77-69(97)51-25-31-87(32-26-51)65-61-52(38-76-78-65)40-92(79-61)57-19-13-47(3)58(37-57)93-48(4)60-63(81-94(64(60)70(71,72)73)56-17-11-46(2)12-18-56)67(83-93)89-33-23-50(24-34-89)68(96)75-28-36-85(7)8/h9-13,15-19,37-40,48-51,54H,14,20-36,41-44H2,1-8H3,(H,74,95)(H,75,96)(H,77,97). The highest BCUT2D eigenvalue weighted by Gasteiger charge is 2.47. The van der Waals surface area contributed by atoms with Crippen LogP contribution >= 0.6 is 0 Å². The summed E-state index contributed by atoms with van der Waals surface area (Å²) in [6, 6.07) is 20.1. The number of aromatic nitrogens is 6. The molecule has 27 heteroatoms. The van der Waals surface area contributed by atoms with Crippen molar-refractivity contribution in [3.63, 3.8) is 0 Å². The molecule has 10 heterocycles. The van der Waals surface area contributed by atoms with Gasteiger partial charge in [0, 0.05) is 126 Å². The number of carbonyl (C=O) groups is 3. The van der Waals surface area contributed by atoms with Crippen LogP contribution in [-0.2, 0) is 20.6 Å². The molecule has 1 atom stereocenters. The Morgan fingerprint density at radius 1 is 0.691 bits per heavy atom. The minimum Gasteiger partial charge on any atom is -0.355 e. The molecule has 7 aliphatic heterocycles. The normalized spacial score (nSPS) is 19.3. The molecule has 3 N–H and O–H groups in total. The Labute approximate surface area is 564 Å². The van der Waals surface area contributed by atoms with Crippen LogP contribution < -0.4 is 30.9 Å². The average Bonchev–Trinajstić information content (AvgIpc) is 1.60. The minimum absolute atomic E-state index is 0.0126. The third-order valence-electron chi connectivity index (χ3n) is 20.0. The highest BCUT2D eigenvalue weighted by atomic mass is 19.4. The van der Waals surface area contributed by atoms with Gasteiger partial charge in [-0.15, -0.1) is 5.10 Å². The molecule has 6 aromatic rings. The van der Waals surface area contributed by atoms with Crippen molar-refractivity contribution in [1.82, 2.24) is 75.2 Å². The van der Waals surface area contributed by atoms with E-state index < -0.39 is 17.9 Å². The summed E-state index contributed by atoms with van der Waals surface area (Å²) < 4.78 is 50.0. The summed E-state index contributed by atoms with van der Waals surface area (Å²) in [5.74, 6) is 1.99. The first-order valence-electron chi connectivity index (χ1n) is 34.3. The zero-order chi connectivity index (χ0) is 67.8. The molecule has 97 heavy (non-hydrogen) atoms. The maximum absolute atomic E-state index is 15.8. The fraction of sp³-hybridized carbons (Fsp3) is 0.514. The molecule has 0 saturated carbocycles. The Bertz CT molecular complexity index is 3980. The van der Waals surface area contributed by atoms with Crippen LogP contribution in [0.4, 0.5) is 30.4 Å². The van der Waals surface area contributed by atoms with E-state index in [4.69, 9.17) is 25.5 Å². The van der Waals surface area contributed by atoms with Crippen LogP contribution in [0.3, 0.4) is 0 Å². The quantitative estimate of drug-likeness (QED) is 0.0737. The number of fused-ring (bicyclic) bond motifs is 3. The van der Waals surface area contributed by atoms with Crippen LogP contribution in [0.5, 0.6) is 0 Å². The first-order valence-corrected chi connectivity index (χ1v) is 34.3. The van der Waals surface area contributed by atoms with Crippen molar-refractivity contribution >= 4 is 63.2 Å². The Balaban J connectivity index is 0.655. The molecule has 3 aromatic carbocycles. The molecule has 3 aromatic heterocycles. The number of aryl methyl sites for hydroxylation is 3. The van der Waals surface area contributed by atoms with Crippen LogP contribution in [0.15, 0.2) is 106 Å². The summed E-state index contributed by atoms with van der Waals surface area (Å²) in [6.45, 7) is 16.6. The number of anilines is 3. The summed E-state index contributed by atoms with van der Waals surface area (Å²) >= 11 is 0. The number of amides is 3. The number of nitrogens with one attached hydrogen (secondary N) is 3. The van der Waals surface area contributed by atoms with Gasteiger partial charge in [0.25, 0.3) is 0 Å². The van der Waals surface area contributed by atoms with Crippen molar-refractivity contribution in [3.8, 4) is 11.4 Å². The third-order valence-corrected chi connectivity index (χ3v) is 20.0. The smallest absolute Gasteiger partial charge is 0.355 e. The first-order chi connectivity index (χ1) is 46.7. The van der Waals surface area contributed by atoms with E-state index in [9.17, 15) is 14.4 Å². The molecule has 7 aliphatic rings. The number of alkyl halides is 3. The van der Waals surface area contributed by atoms with Gasteiger partial charge in [0.1, 0.15) is 16.9 Å². The molecule has 1 unspecified atom stereocenters. The molecule has 0 bridgehead atoms. The second-order valence-electron chi connectivity index (χ2n) is 27.8. The zero-order valence-corrected chi connectivity index (χ0v) is 56.9. The average molecular weight is 1330 g/mol. The summed E-state index contributed by atoms with van der Waals surface area (Å²) in [6.07, 6.45) is 6.50. The molecular weight excluding hydrogens is 1240 g/mol. The van der Waals surface area contributed by atoms with Gasteiger partial charge in [-0.2, -0.15) is 43.8 Å². The minimum atomic E-state index is -4.79. The summed E-state index contributed by atoms with van der Waals surface area (Å²) in [4.78, 5) is 52.7. The molecule has 0 radical (unpaired) electrons. The number of rotatable bonds is 19. The Morgan fingerprint density at radius 2 is 1.31 bits per heavy atom. The second-order valence-corrected chi connectivity index (χ2v) is 27.8. The number of hydrogen-bond acceptors (Lipinski definition) is 19. The Morgan fingerprint density at radius 3 is 1.98 bits per heavy atom. The Hall–Kier alpha value is -8.95. The van der Waals surface area contributed by atoms with Gasteiger partial charge in [0.15, 0.2) is 23.2 Å². The maximum atomic E-state index is 15.8. The number of halogens is 3. The molecule has 0 spiro atoms. The van der Waals surface area contributed by atoms with Crippen molar-refractivity contribution in [2.45, 2.75) is 97.3 Å². The van der Waals surface area contributed by atoms with Crippen molar-refractivity contribution in [2.75, 3.05) is 135 Å². The molecule has 514 valence electrons. The fourth-order valence-corrected chi connectivity index (χ4v) is 14.3. The topological polar surface area (TPSA) is 215 Å². The highest BCUT2D eigenvalue weighted by Crippen LogP contribution is 2.45. The van der Waals surface area contributed by atoms with E-state index in [-0.39, 0.29) is 52.5 Å². The van der Waals surface area contributed by atoms with Crippen molar-refractivity contribution in [3.05, 3.63) is 125 Å². The zero-order valence-electron chi connectivity index (χ0n) is 56.9. The number of likely N-dealkylation sites (tertiary alicyclic amines) is 3. The maximum Gasteiger partial charge on any atom is 0.433 e. The fourth-order valence-electron chi connectivity index (χ4n) is 14.3. The van der Waals surface area contributed by atoms with Crippen LogP contribution in [-0.4, -0.2) is 220 Å². The number of piperidine rings is 3. The lowest BCUT2D eigenvalue weighted by Crippen LogP contribution is -2.62. The SMILES string of the molecule is Cc1ccc(N2CC3=CN(CN4CC(NC(=O)C5CCN(c6nncc7cn(-c8ccc(C)c(N9N=C(N%10CCC(C(=O)NCCN(C)C)CC%10)c%10nn(-c%11ccc(C)cc%11)c(C(F)(F)F)c%10C9C)c8)nc67)CC5)C4)N=C(N4CCC(CCC(=O)NCCN(C)C)CC4)C3=N2)cc1. The second kappa shape index (κ2) is 28.3. The van der Waals surface area contributed by atoms with Crippen molar-refractivity contribution < 1.29 is 27.6 Å². The lowest BCUT2D eigenvalue weighted by Gasteiger charge is -2.43. The van der Waals surface area contributed by atoms with Gasteiger partial charge < -0.3 is 40.4 Å². The number of amidine groups is 2. The van der Waals surface area contributed by atoms with E-state index in [0.717, 1.165) is 82.9 Å². The largest absolute Gasteiger partial charge is 0.433 e. The third kappa shape index (κ3) is 14.7. The lowest BCUT2D eigenvalue weighted by molar-refractivity contribution is -0.143. The van der Waals surface area contributed by atoms with Gasteiger partial charge in [-0.1, -0.05) is 41.5 Å². The molecule has 4 fully saturated rings. The van der Waals surface area contributed by atoms with E-state index in [1.807, 2.05) is 81.2 Å². The molecule has 13 rings (SSSR count). The molecule has 24 nitrogen and oxygen atoms in total. The van der Waals surface area contributed by atoms with Gasteiger partial charge in [-0.3, -0.25) is 34.3 Å². The van der Waals surface area contributed by atoms with E-state index in [0.29, 0.717) is 139 Å². The van der Waals surface area contributed by atoms with Gasteiger partial charge in [-0.25, -0.2) is 9.36 Å². The van der Waals surface area contributed by atoms with Crippen molar-refractivity contribution in [1.29, 1.82) is 0 Å². The summed E-state index contributed by atoms with van der Waals surface area (Å²) in [7, 11) is 7.91. The van der Waals surface area contributed by atoms with Crippen LogP contribution in [0.25, 0.3) is 22.3 Å². The van der Waals surface area contributed by atoms with Crippen LogP contribution in [0.2, 0.25) is 0 Å². The van der Waals surface area contributed by atoms with Gasteiger partial charge in [0.05, 0.1) is 54.2 Å². The number of nitrogens with zero attached hydrogens (tertiary/aromatic N) is 18. The van der Waals surface area contributed by atoms with E-state index in [2.05, 4.69) is 88.1 Å². The summed E-state index contributed by atoms with van der Waals surface area (Å²) in [5.41, 5.74) is 7.41. The monoisotopic (exact) mass is 1330 g/mol. The number of carbonyl (C=O) groups excluding carboxylic acids is 3. The highest BCUT2D eigenvalue weighted by molar-refractivity contribution is 6.48. The summed E-state index contributed by atoms with van der Waals surface area (Å²) in [5, 5.41) is 50.5. The Kier molecular flexibility index (Phi) is 19.4. The van der Waals surface area contributed by atoms with Crippen molar-refractivity contribution in [2.24, 2.45) is 33.1 Å². The van der Waals surface area contributed by atoms with Gasteiger partial charge in [0.2, 0.25) is 17.7 Å². The van der Waals surface area contributed by atoms with E-state index in [1.54, 1.807) is 47.1 Å². The van der Waals surface area contributed by atoms with Crippen LogP contribution in [0, 0.1) is 38.5 Å². The molecule has 4 saturated heterocycles. The van der Waals surface area contributed by atoms with E-state index in [1.165, 1.54) is 5.56 Å². The number of hydrogen-bond donors (Lipinski definition) is 3. The first kappa shape index (κ1) is 66.7. The number of hydrazone groups is 3. The van der Waals surface area contributed by atoms with Crippen LogP contribution in [0.1, 0.15) is 98.0 Å². The molecule has 0 aliphatic carbocycles. The predicted molar refractivity (Wildman–Crippen MR) is 370 cm³/mol.